The zero-order valence-electron chi connectivity index (χ0n) is 4.85. The van der Waals surface area contributed by atoms with Gasteiger partial charge < -0.3 is 25.3 Å². The quantitative estimate of drug-likeness (QED) is 0.259. The molecule has 0 radical (unpaired) electrons. The molecule has 0 saturated heterocycles. The van der Waals surface area contributed by atoms with Gasteiger partial charge in [0.15, 0.2) is 0 Å². The maximum atomic E-state index is 8.88. The fourth-order valence-electron chi connectivity index (χ4n) is 0. The first-order valence-electron chi connectivity index (χ1n) is 1.81. The van der Waals surface area contributed by atoms with Crippen LogP contribution in [0.25, 0.3) is 0 Å². The standard InChI is InChI=1S/C2H6O.2Ca.H3O4P.H2O.4H/c1-2-3;;;1-5(2,3)4;;;;;/h3H,2H2,1H3;;;(H3,1,2,3,4);1H2;;;;. The molecule has 68 valence electrons. The molecule has 0 aromatic heterocycles. The predicted molar refractivity (Wildman–Crippen MR) is 47.7 cm³/mol. The molecule has 0 aliphatic carbocycles. The summed E-state index contributed by atoms with van der Waals surface area (Å²) in [5, 5.41) is 7.57. The van der Waals surface area contributed by atoms with Crippen molar-refractivity contribution in [3.63, 3.8) is 0 Å². The van der Waals surface area contributed by atoms with E-state index in [1.807, 2.05) is 0 Å². The Kier molecular flexibility index (Phi) is 48.7. The summed E-state index contributed by atoms with van der Waals surface area (Å²) in [6, 6.07) is 0. The fourth-order valence-corrected chi connectivity index (χ4v) is 0. The van der Waals surface area contributed by atoms with Crippen molar-refractivity contribution in [1.29, 1.82) is 0 Å². The average Bonchev–Trinajstić information content (AvgIpc) is 1.27. The van der Waals surface area contributed by atoms with E-state index < -0.39 is 7.82 Å². The third-order valence-corrected chi connectivity index (χ3v) is 0. The van der Waals surface area contributed by atoms with E-state index in [1.54, 1.807) is 6.92 Å². The van der Waals surface area contributed by atoms with Gasteiger partial charge in [-0.3, -0.25) is 0 Å². The van der Waals surface area contributed by atoms with Crippen LogP contribution in [0.2, 0.25) is 0 Å². The molecule has 0 aromatic rings. The summed E-state index contributed by atoms with van der Waals surface area (Å²) < 4.78 is 8.88. The van der Waals surface area contributed by atoms with Gasteiger partial charge in [0.25, 0.3) is 0 Å². The molecule has 0 atom stereocenters. The number of phosphoric acid groups is 1. The molecule has 0 aliphatic rings. The zero-order chi connectivity index (χ0) is 7.21. The van der Waals surface area contributed by atoms with Crippen LogP contribution >= 0.6 is 7.82 Å². The van der Waals surface area contributed by atoms with E-state index in [2.05, 4.69) is 0 Å². The molecule has 0 unspecified atom stereocenters. The zero-order valence-corrected chi connectivity index (χ0v) is 5.75. The van der Waals surface area contributed by atoms with E-state index in [-0.39, 0.29) is 87.6 Å². The van der Waals surface area contributed by atoms with Gasteiger partial charge in [-0.15, -0.1) is 0 Å². The van der Waals surface area contributed by atoms with Crippen LogP contribution in [-0.2, 0) is 4.57 Å². The summed E-state index contributed by atoms with van der Waals surface area (Å²) in [7, 11) is -4.64. The van der Waals surface area contributed by atoms with Gasteiger partial charge in [0.1, 0.15) is 0 Å². The Balaban J connectivity index is -0.0000000183. The van der Waals surface area contributed by atoms with Crippen LogP contribution in [0.3, 0.4) is 0 Å². The van der Waals surface area contributed by atoms with Gasteiger partial charge in [0.05, 0.1) is 0 Å². The van der Waals surface area contributed by atoms with Crippen molar-refractivity contribution in [1.82, 2.24) is 0 Å². The first kappa shape index (κ1) is 29.2. The minimum atomic E-state index is -4.64. The van der Waals surface area contributed by atoms with Crippen molar-refractivity contribution >= 4 is 83.3 Å². The average molecular weight is 246 g/mol. The number of hydrogen-bond acceptors (Lipinski definition) is 2. The van der Waals surface area contributed by atoms with Crippen molar-refractivity contribution in [2.24, 2.45) is 0 Å². The van der Waals surface area contributed by atoms with Gasteiger partial charge in [-0.05, 0) is 6.92 Å². The number of aliphatic hydroxyl groups excluding tert-OH is 1. The van der Waals surface area contributed by atoms with E-state index in [9.17, 15) is 0 Å². The molecule has 9 heteroatoms. The molecule has 0 saturated carbocycles. The van der Waals surface area contributed by atoms with Crippen LogP contribution in [0, 0.1) is 0 Å². The van der Waals surface area contributed by atoms with Crippen LogP contribution < -0.4 is 0 Å². The van der Waals surface area contributed by atoms with Crippen molar-refractivity contribution < 1.29 is 29.8 Å². The summed E-state index contributed by atoms with van der Waals surface area (Å²) in [6.07, 6.45) is 0. The first-order chi connectivity index (χ1) is 3.41. The number of rotatable bonds is 0. The fraction of sp³-hybridized carbons (Fsp3) is 1.00. The summed E-state index contributed by atoms with van der Waals surface area (Å²) in [5.74, 6) is 0. The van der Waals surface area contributed by atoms with Gasteiger partial charge in [-0.1, -0.05) is 0 Å². The van der Waals surface area contributed by atoms with Crippen LogP contribution in [0.1, 0.15) is 6.92 Å². The first-order valence-corrected chi connectivity index (χ1v) is 3.37. The third kappa shape index (κ3) is 215. The molecule has 0 spiro atoms. The van der Waals surface area contributed by atoms with Crippen LogP contribution in [0.4, 0.5) is 0 Å². The molecule has 0 rings (SSSR count). The molecule has 0 bridgehead atoms. The Morgan fingerprint density at radius 1 is 1.18 bits per heavy atom. The molecular formula is C2H15Ca2O6P. The molecular weight excluding hydrogens is 231 g/mol. The molecule has 6 N–H and O–H groups in total. The van der Waals surface area contributed by atoms with Crippen LogP contribution in [0.15, 0.2) is 0 Å². The van der Waals surface area contributed by atoms with Gasteiger partial charge in [0, 0.05) is 6.61 Å². The topological polar surface area (TPSA) is 129 Å². The Bertz CT molecular complexity index is 74.4. The molecule has 0 aromatic carbocycles. The second kappa shape index (κ2) is 18.4. The summed E-state index contributed by atoms with van der Waals surface area (Å²) in [6.45, 7) is 1.93. The van der Waals surface area contributed by atoms with Crippen molar-refractivity contribution in [2.75, 3.05) is 6.61 Å². The molecule has 0 fully saturated rings. The van der Waals surface area contributed by atoms with Gasteiger partial charge in [-0.25, -0.2) is 4.57 Å². The van der Waals surface area contributed by atoms with E-state index in [0.29, 0.717) is 0 Å². The van der Waals surface area contributed by atoms with Crippen molar-refractivity contribution in [2.45, 2.75) is 6.92 Å². The Morgan fingerprint density at radius 3 is 1.18 bits per heavy atom. The van der Waals surface area contributed by atoms with Crippen molar-refractivity contribution in [3.05, 3.63) is 0 Å². The number of aliphatic hydroxyl groups is 1. The van der Waals surface area contributed by atoms with Gasteiger partial charge in [-0.2, -0.15) is 0 Å². The monoisotopic (exact) mass is 246 g/mol. The van der Waals surface area contributed by atoms with E-state index in [0.717, 1.165) is 0 Å². The molecule has 11 heavy (non-hydrogen) atoms. The van der Waals surface area contributed by atoms with Gasteiger partial charge in [0.2, 0.25) is 0 Å². The molecule has 0 heterocycles. The second-order valence-electron chi connectivity index (χ2n) is 0.830. The molecule has 0 aliphatic heterocycles. The Hall–Kier alpha value is 2.55. The van der Waals surface area contributed by atoms with E-state index >= 15 is 0 Å². The SMILES string of the molecule is CCO.O.O=P(O)(O)O.[CaH2].[CaH2]. The van der Waals surface area contributed by atoms with Crippen LogP contribution in [-0.4, -0.2) is 107 Å². The van der Waals surface area contributed by atoms with Gasteiger partial charge >= 0.3 is 83.3 Å². The van der Waals surface area contributed by atoms with E-state index in [1.165, 1.54) is 0 Å². The minimum absolute atomic E-state index is 0. The number of hydrogen-bond donors (Lipinski definition) is 4. The second-order valence-corrected chi connectivity index (χ2v) is 1.86. The predicted octanol–water partition coefficient (Wildman–Crippen LogP) is -3.59. The normalized spacial score (nSPS) is 7.00. The third-order valence-electron chi connectivity index (χ3n) is 0. The Morgan fingerprint density at radius 2 is 1.18 bits per heavy atom. The summed E-state index contributed by atoms with van der Waals surface area (Å²) >= 11 is 0. The van der Waals surface area contributed by atoms with E-state index in [4.69, 9.17) is 24.4 Å². The summed E-state index contributed by atoms with van der Waals surface area (Å²) in [4.78, 5) is 21.6. The maximum absolute atomic E-state index is 8.88. The molecule has 6 nitrogen and oxygen atoms in total. The summed E-state index contributed by atoms with van der Waals surface area (Å²) in [5.41, 5.74) is 0. The Labute approximate surface area is 125 Å². The van der Waals surface area contributed by atoms with Crippen LogP contribution in [0.5, 0.6) is 0 Å². The molecule has 0 amide bonds. The van der Waals surface area contributed by atoms with Crippen molar-refractivity contribution in [3.8, 4) is 0 Å².